The lowest BCUT2D eigenvalue weighted by atomic mass is 10.1. The Kier molecular flexibility index (Phi) is 4.55. The zero-order valence-electron chi connectivity index (χ0n) is 13.3. The number of nitrogens with zero attached hydrogens (tertiary/aromatic N) is 1. The number of hydrogen-bond donors (Lipinski definition) is 2. The van der Waals surface area contributed by atoms with Crippen LogP contribution in [0.3, 0.4) is 0 Å². The number of benzene rings is 1. The van der Waals surface area contributed by atoms with Crippen LogP contribution in [-0.4, -0.2) is 13.4 Å². The third-order valence-corrected chi connectivity index (χ3v) is 6.21. The number of aryl methyl sites for hydroxylation is 2. The van der Waals surface area contributed by atoms with Gasteiger partial charge < -0.3 is 5.32 Å². The minimum Gasteiger partial charge on any atom is -0.340 e. The lowest BCUT2D eigenvalue weighted by molar-refractivity contribution is 0.603. The molecular weight excluding hydrogens is 342 g/mol. The van der Waals surface area contributed by atoms with E-state index in [-0.39, 0.29) is 4.21 Å². The third-order valence-electron chi connectivity index (χ3n) is 3.43. The van der Waals surface area contributed by atoms with Gasteiger partial charge in [0.15, 0.2) is 0 Å². The molecule has 2 aromatic heterocycles. The maximum atomic E-state index is 12.2. The Morgan fingerprint density at radius 2 is 1.92 bits per heavy atom. The molecule has 3 aromatic rings. The first-order valence-corrected chi connectivity index (χ1v) is 9.67. The molecule has 0 aliphatic heterocycles. The van der Waals surface area contributed by atoms with Gasteiger partial charge in [0.25, 0.3) is 10.0 Å². The fraction of sp³-hybridized carbons (Fsp3) is 0.118. The summed E-state index contributed by atoms with van der Waals surface area (Å²) < 4.78 is 27.2. The highest BCUT2D eigenvalue weighted by Gasteiger charge is 2.15. The van der Waals surface area contributed by atoms with E-state index in [0.717, 1.165) is 16.8 Å². The Morgan fingerprint density at radius 1 is 1.08 bits per heavy atom. The first kappa shape index (κ1) is 16.5. The Balaban J connectivity index is 1.75. The Morgan fingerprint density at radius 3 is 2.58 bits per heavy atom. The smallest absolute Gasteiger partial charge is 0.271 e. The van der Waals surface area contributed by atoms with Crippen molar-refractivity contribution in [1.29, 1.82) is 0 Å². The van der Waals surface area contributed by atoms with Gasteiger partial charge in [0.1, 0.15) is 10.0 Å². The van der Waals surface area contributed by atoms with Gasteiger partial charge in [-0.1, -0.05) is 18.2 Å². The van der Waals surface area contributed by atoms with Crippen molar-refractivity contribution in [2.75, 3.05) is 10.0 Å². The van der Waals surface area contributed by atoms with Crippen molar-refractivity contribution >= 4 is 38.6 Å². The normalized spacial score (nSPS) is 11.2. The fourth-order valence-electron chi connectivity index (χ4n) is 2.16. The molecule has 0 unspecified atom stereocenters. The number of anilines is 3. The summed E-state index contributed by atoms with van der Waals surface area (Å²) in [7, 11) is -3.55. The highest BCUT2D eigenvalue weighted by molar-refractivity contribution is 7.94. The summed E-state index contributed by atoms with van der Waals surface area (Å²) in [6.45, 7) is 4.05. The van der Waals surface area contributed by atoms with E-state index >= 15 is 0 Å². The van der Waals surface area contributed by atoms with Gasteiger partial charge in [-0.05, 0) is 54.6 Å². The van der Waals surface area contributed by atoms with Crippen LogP contribution in [0.25, 0.3) is 0 Å². The molecule has 1 aromatic carbocycles. The second-order valence-corrected chi connectivity index (χ2v) is 8.27. The van der Waals surface area contributed by atoms with Crippen molar-refractivity contribution in [3.8, 4) is 0 Å². The zero-order valence-corrected chi connectivity index (χ0v) is 14.9. The molecule has 7 heteroatoms. The molecule has 3 rings (SSSR count). The maximum absolute atomic E-state index is 12.2. The Hall–Kier alpha value is -2.38. The predicted octanol–water partition coefficient (Wildman–Crippen LogP) is 4.30. The molecule has 0 radical (unpaired) electrons. The van der Waals surface area contributed by atoms with Crippen molar-refractivity contribution in [1.82, 2.24) is 4.98 Å². The van der Waals surface area contributed by atoms with Gasteiger partial charge in [-0.3, -0.25) is 4.72 Å². The molecule has 0 atom stereocenters. The molecule has 0 amide bonds. The molecule has 0 fully saturated rings. The molecule has 124 valence electrons. The predicted molar refractivity (Wildman–Crippen MR) is 98.6 cm³/mol. The van der Waals surface area contributed by atoms with Crippen LogP contribution in [0, 0.1) is 13.8 Å². The fourth-order valence-corrected chi connectivity index (χ4v) is 4.19. The number of thiophene rings is 1. The highest BCUT2D eigenvalue weighted by atomic mass is 32.2. The largest absolute Gasteiger partial charge is 0.340 e. The van der Waals surface area contributed by atoms with E-state index in [1.54, 1.807) is 29.6 Å². The van der Waals surface area contributed by atoms with Gasteiger partial charge in [0.05, 0.1) is 11.9 Å². The molecule has 0 spiro atoms. The van der Waals surface area contributed by atoms with Crippen molar-refractivity contribution in [2.45, 2.75) is 18.1 Å². The summed E-state index contributed by atoms with van der Waals surface area (Å²) in [5, 5.41) is 4.97. The average Bonchev–Trinajstić information content (AvgIpc) is 3.08. The van der Waals surface area contributed by atoms with Crippen molar-refractivity contribution in [3.63, 3.8) is 0 Å². The summed E-state index contributed by atoms with van der Waals surface area (Å²) >= 11 is 1.17. The van der Waals surface area contributed by atoms with E-state index in [9.17, 15) is 8.42 Å². The zero-order chi connectivity index (χ0) is 17.2. The van der Waals surface area contributed by atoms with Crippen LogP contribution in [0.4, 0.5) is 17.2 Å². The third kappa shape index (κ3) is 3.74. The van der Waals surface area contributed by atoms with Crippen LogP contribution in [0.15, 0.2) is 58.3 Å². The molecule has 5 nitrogen and oxygen atoms in total. The standard InChI is InChI=1S/C17H17N3O2S2/c1-12-5-6-13(2)15(10-12)19-16-8-7-14(11-18-16)20-24(21,22)17-4-3-9-23-17/h3-11,20H,1-2H3,(H,18,19). The first-order valence-electron chi connectivity index (χ1n) is 7.31. The number of nitrogens with one attached hydrogen (secondary N) is 2. The second-order valence-electron chi connectivity index (χ2n) is 5.41. The summed E-state index contributed by atoms with van der Waals surface area (Å²) in [4.78, 5) is 4.28. The molecule has 0 aliphatic carbocycles. The Labute approximate surface area is 145 Å². The highest BCUT2D eigenvalue weighted by Crippen LogP contribution is 2.23. The lowest BCUT2D eigenvalue weighted by Gasteiger charge is -2.11. The molecule has 0 aliphatic rings. The summed E-state index contributed by atoms with van der Waals surface area (Å²) in [5.74, 6) is 0.655. The lowest BCUT2D eigenvalue weighted by Crippen LogP contribution is -2.11. The van der Waals surface area contributed by atoms with Gasteiger partial charge in [0.2, 0.25) is 0 Å². The van der Waals surface area contributed by atoms with Crippen LogP contribution in [0.1, 0.15) is 11.1 Å². The van der Waals surface area contributed by atoms with Gasteiger partial charge >= 0.3 is 0 Å². The molecule has 2 N–H and O–H groups in total. The van der Waals surface area contributed by atoms with Crippen LogP contribution in [-0.2, 0) is 10.0 Å². The van der Waals surface area contributed by atoms with Crippen LogP contribution in [0.2, 0.25) is 0 Å². The van der Waals surface area contributed by atoms with E-state index in [1.807, 2.05) is 26.0 Å². The number of hydrogen-bond acceptors (Lipinski definition) is 5. The van der Waals surface area contributed by atoms with Crippen molar-refractivity contribution < 1.29 is 8.42 Å². The number of sulfonamides is 1. The first-order chi connectivity index (χ1) is 11.4. The van der Waals surface area contributed by atoms with E-state index < -0.39 is 10.0 Å². The van der Waals surface area contributed by atoms with Gasteiger partial charge in [-0.25, -0.2) is 13.4 Å². The van der Waals surface area contributed by atoms with E-state index in [2.05, 4.69) is 21.1 Å². The minimum absolute atomic E-state index is 0.278. The van der Waals surface area contributed by atoms with Crippen LogP contribution in [0.5, 0.6) is 0 Å². The summed E-state index contributed by atoms with van der Waals surface area (Å²) in [6.07, 6.45) is 1.50. The second kappa shape index (κ2) is 6.62. The van der Waals surface area contributed by atoms with Crippen LogP contribution < -0.4 is 10.0 Å². The maximum Gasteiger partial charge on any atom is 0.271 e. The molecule has 2 heterocycles. The number of pyridine rings is 1. The van der Waals surface area contributed by atoms with Crippen molar-refractivity contribution in [2.24, 2.45) is 0 Å². The van der Waals surface area contributed by atoms with Crippen molar-refractivity contribution in [3.05, 3.63) is 65.2 Å². The van der Waals surface area contributed by atoms with Gasteiger partial charge in [-0.15, -0.1) is 11.3 Å². The monoisotopic (exact) mass is 359 g/mol. The van der Waals surface area contributed by atoms with E-state index in [1.165, 1.54) is 17.5 Å². The SMILES string of the molecule is Cc1ccc(C)c(Nc2ccc(NS(=O)(=O)c3cccs3)cn2)c1. The quantitative estimate of drug-likeness (QED) is 0.712. The molecule has 0 saturated heterocycles. The topological polar surface area (TPSA) is 71.1 Å². The minimum atomic E-state index is -3.55. The van der Waals surface area contributed by atoms with Crippen LogP contribution >= 0.6 is 11.3 Å². The summed E-state index contributed by atoms with van der Waals surface area (Å²) in [6, 6.07) is 12.8. The Bertz CT molecular complexity index is 934. The average molecular weight is 359 g/mol. The molecule has 0 bridgehead atoms. The molecule has 24 heavy (non-hydrogen) atoms. The molecule has 0 saturated carbocycles. The number of rotatable bonds is 5. The van der Waals surface area contributed by atoms with Gasteiger partial charge in [0, 0.05) is 5.69 Å². The van der Waals surface area contributed by atoms with E-state index in [0.29, 0.717) is 11.5 Å². The molecular formula is C17H17N3O2S2. The van der Waals surface area contributed by atoms with E-state index in [4.69, 9.17) is 0 Å². The van der Waals surface area contributed by atoms with Gasteiger partial charge in [-0.2, -0.15) is 0 Å². The summed E-state index contributed by atoms with van der Waals surface area (Å²) in [5.41, 5.74) is 3.68. The number of aromatic nitrogens is 1.